The lowest BCUT2D eigenvalue weighted by Crippen LogP contribution is -2.29. The lowest BCUT2D eigenvalue weighted by Gasteiger charge is -2.22. The molecule has 1 saturated heterocycles. The third kappa shape index (κ3) is 4.76. The quantitative estimate of drug-likeness (QED) is 0.876. The topological polar surface area (TPSA) is 67.4 Å². The SMILES string of the molecule is CCN(Cc1ccccc1)c1ccc(NC(=O)C2CCOCC2)nn1. The van der Waals surface area contributed by atoms with E-state index in [2.05, 4.69) is 39.5 Å². The third-order valence-electron chi connectivity index (χ3n) is 4.42. The highest BCUT2D eigenvalue weighted by molar-refractivity contribution is 5.91. The highest BCUT2D eigenvalue weighted by Crippen LogP contribution is 2.18. The second-order valence-electron chi connectivity index (χ2n) is 6.15. The molecule has 2 heterocycles. The van der Waals surface area contributed by atoms with Crippen molar-refractivity contribution in [2.45, 2.75) is 26.3 Å². The lowest BCUT2D eigenvalue weighted by molar-refractivity contribution is -0.122. The Morgan fingerprint density at radius 1 is 1.16 bits per heavy atom. The number of amides is 1. The number of aromatic nitrogens is 2. The molecule has 1 aromatic carbocycles. The van der Waals surface area contributed by atoms with Crippen LogP contribution in [0.5, 0.6) is 0 Å². The van der Waals surface area contributed by atoms with E-state index < -0.39 is 0 Å². The van der Waals surface area contributed by atoms with Crippen LogP contribution in [-0.2, 0) is 16.1 Å². The van der Waals surface area contributed by atoms with Crippen LogP contribution in [0, 0.1) is 5.92 Å². The van der Waals surface area contributed by atoms with Crippen molar-refractivity contribution in [1.82, 2.24) is 10.2 Å². The van der Waals surface area contributed by atoms with Gasteiger partial charge in [-0.15, -0.1) is 10.2 Å². The normalized spacial score (nSPS) is 14.9. The molecule has 1 aromatic heterocycles. The summed E-state index contributed by atoms with van der Waals surface area (Å²) < 4.78 is 5.29. The van der Waals surface area contributed by atoms with Crippen molar-refractivity contribution in [1.29, 1.82) is 0 Å². The monoisotopic (exact) mass is 340 g/mol. The van der Waals surface area contributed by atoms with Gasteiger partial charge in [0.05, 0.1) is 0 Å². The number of nitrogens with zero attached hydrogens (tertiary/aromatic N) is 3. The van der Waals surface area contributed by atoms with Gasteiger partial charge in [0.1, 0.15) is 0 Å². The summed E-state index contributed by atoms with van der Waals surface area (Å²) in [5.74, 6) is 1.30. The Morgan fingerprint density at radius 3 is 2.56 bits per heavy atom. The highest BCUT2D eigenvalue weighted by atomic mass is 16.5. The molecule has 0 aliphatic carbocycles. The fourth-order valence-electron chi connectivity index (χ4n) is 2.91. The van der Waals surface area contributed by atoms with Gasteiger partial charge in [0, 0.05) is 32.2 Å². The molecule has 1 aliphatic heterocycles. The molecule has 0 unspecified atom stereocenters. The molecule has 1 fully saturated rings. The van der Waals surface area contributed by atoms with E-state index >= 15 is 0 Å². The molecule has 6 nitrogen and oxygen atoms in total. The Balaban J connectivity index is 1.61. The van der Waals surface area contributed by atoms with Gasteiger partial charge < -0.3 is 15.0 Å². The van der Waals surface area contributed by atoms with Gasteiger partial charge in [-0.3, -0.25) is 4.79 Å². The van der Waals surface area contributed by atoms with E-state index in [0.29, 0.717) is 19.0 Å². The summed E-state index contributed by atoms with van der Waals surface area (Å²) in [5.41, 5.74) is 1.23. The largest absolute Gasteiger partial charge is 0.381 e. The molecular formula is C19H24N4O2. The van der Waals surface area contributed by atoms with Gasteiger partial charge in [0.2, 0.25) is 5.91 Å². The standard InChI is InChI=1S/C19H24N4O2/c1-2-23(14-15-6-4-3-5-7-15)18-9-8-17(21-22-18)20-19(24)16-10-12-25-13-11-16/h3-9,16H,2,10-14H2,1H3,(H,20,21,24). The van der Waals surface area contributed by atoms with E-state index in [-0.39, 0.29) is 11.8 Å². The zero-order chi connectivity index (χ0) is 17.5. The molecule has 6 heteroatoms. The van der Waals surface area contributed by atoms with Gasteiger partial charge in [0.25, 0.3) is 0 Å². The summed E-state index contributed by atoms with van der Waals surface area (Å²) in [6, 6.07) is 14.0. The Morgan fingerprint density at radius 2 is 1.92 bits per heavy atom. The first-order chi connectivity index (χ1) is 12.3. The molecule has 25 heavy (non-hydrogen) atoms. The number of rotatable bonds is 6. The van der Waals surface area contributed by atoms with Crippen molar-refractivity contribution < 1.29 is 9.53 Å². The molecule has 132 valence electrons. The summed E-state index contributed by atoms with van der Waals surface area (Å²) in [6.07, 6.45) is 1.52. The van der Waals surface area contributed by atoms with Crippen LogP contribution < -0.4 is 10.2 Å². The maximum atomic E-state index is 12.2. The van der Waals surface area contributed by atoms with Crippen molar-refractivity contribution in [2.24, 2.45) is 5.92 Å². The molecule has 0 bridgehead atoms. The minimum absolute atomic E-state index is 0.000414. The molecule has 1 amide bonds. The smallest absolute Gasteiger partial charge is 0.228 e. The predicted octanol–water partition coefficient (Wildman–Crippen LogP) is 2.87. The first-order valence-corrected chi connectivity index (χ1v) is 8.77. The Labute approximate surface area is 148 Å². The predicted molar refractivity (Wildman–Crippen MR) is 97.4 cm³/mol. The molecule has 2 aromatic rings. The molecule has 1 N–H and O–H groups in total. The highest BCUT2D eigenvalue weighted by Gasteiger charge is 2.22. The zero-order valence-electron chi connectivity index (χ0n) is 14.5. The Bertz CT molecular complexity index is 670. The molecule has 0 spiro atoms. The van der Waals surface area contributed by atoms with Crippen LogP contribution >= 0.6 is 0 Å². The number of benzene rings is 1. The van der Waals surface area contributed by atoms with Gasteiger partial charge in [-0.2, -0.15) is 0 Å². The number of nitrogens with one attached hydrogen (secondary N) is 1. The van der Waals surface area contributed by atoms with E-state index in [0.717, 1.165) is 31.7 Å². The van der Waals surface area contributed by atoms with Crippen molar-refractivity contribution in [3.05, 3.63) is 48.0 Å². The van der Waals surface area contributed by atoms with E-state index in [9.17, 15) is 4.79 Å². The average molecular weight is 340 g/mol. The molecule has 0 saturated carbocycles. The molecular weight excluding hydrogens is 316 g/mol. The van der Waals surface area contributed by atoms with Gasteiger partial charge in [-0.25, -0.2) is 0 Å². The maximum Gasteiger partial charge on any atom is 0.228 e. The maximum absolute atomic E-state index is 12.2. The van der Waals surface area contributed by atoms with Crippen LogP contribution in [0.2, 0.25) is 0 Å². The van der Waals surface area contributed by atoms with E-state index in [1.165, 1.54) is 5.56 Å². The van der Waals surface area contributed by atoms with E-state index in [4.69, 9.17) is 4.74 Å². The van der Waals surface area contributed by atoms with Gasteiger partial charge in [0.15, 0.2) is 11.6 Å². The Kier molecular flexibility index (Phi) is 5.95. The van der Waals surface area contributed by atoms with Crippen molar-refractivity contribution in [3.8, 4) is 0 Å². The lowest BCUT2D eigenvalue weighted by atomic mass is 9.99. The molecule has 0 atom stereocenters. The molecule has 1 aliphatic rings. The summed E-state index contributed by atoms with van der Waals surface area (Å²) >= 11 is 0. The van der Waals surface area contributed by atoms with Crippen molar-refractivity contribution in [2.75, 3.05) is 30.0 Å². The first-order valence-electron chi connectivity index (χ1n) is 8.77. The van der Waals surface area contributed by atoms with E-state index in [1.807, 2.05) is 30.3 Å². The van der Waals surface area contributed by atoms with Gasteiger partial charge in [-0.05, 0) is 37.5 Å². The number of ether oxygens (including phenoxy) is 1. The fraction of sp³-hybridized carbons (Fsp3) is 0.421. The van der Waals surface area contributed by atoms with Gasteiger partial charge >= 0.3 is 0 Å². The van der Waals surface area contributed by atoms with Crippen LogP contribution in [0.25, 0.3) is 0 Å². The van der Waals surface area contributed by atoms with Crippen LogP contribution in [0.15, 0.2) is 42.5 Å². The van der Waals surface area contributed by atoms with Crippen molar-refractivity contribution >= 4 is 17.5 Å². The van der Waals surface area contributed by atoms with Crippen molar-refractivity contribution in [3.63, 3.8) is 0 Å². The van der Waals surface area contributed by atoms with Crippen LogP contribution in [0.3, 0.4) is 0 Å². The number of carbonyl (C=O) groups excluding carboxylic acids is 1. The zero-order valence-corrected chi connectivity index (χ0v) is 14.5. The fourth-order valence-corrected chi connectivity index (χ4v) is 2.91. The van der Waals surface area contributed by atoms with E-state index in [1.54, 1.807) is 0 Å². The third-order valence-corrected chi connectivity index (χ3v) is 4.42. The second kappa shape index (κ2) is 8.58. The number of hydrogen-bond acceptors (Lipinski definition) is 5. The molecule has 0 radical (unpaired) electrons. The minimum atomic E-state index is 0.000414. The Hall–Kier alpha value is -2.47. The second-order valence-corrected chi connectivity index (χ2v) is 6.15. The van der Waals surface area contributed by atoms with Gasteiger partial charge in [-0.1, -0.05) is 30.3 Å². The average Bonchev–Trinajstić information content (AvgIpc) is 2.68. The van der Waals surface area contributed by atoms with Crippen LogP contribution in [-0.4, -0.2) is 35.9 Å². The van der Waals surface area contributed by atoms with Crippen LogP contribution in [0.4, 0.5) is 11.6 Å². The number of carbonyl (C=O) groups is 1. The molecule has 3 rings (SSSR count). The summed E-state index contributed by atoms with van der Waals surface area (Å²) in [4.78, 5) is 14.4. The number of anilines is 2. The summed E-state index contributed by atoms with van der Waals surface area (Å²) in [6.45, 7) is 4.99. The first kappa shape index (κ1) is 17.4. The van der Waals surface area contributed by atoms with Crippen LogP contribution in [0.1, 0.15) is 25.3 Å². The minimum Gasteiger partial charge on any atom is -0.381 e. The summed E-state index contributed by atoms with van der Waals surface area (Å²) in [7, 11) is 0. The summed E-state index contributed by atoms with van der Waals surface area (Å²) in [5, 5.41) is 11.3. The number of hydrogen-bond donors (Lipinski definition) is 1.